The van der Waals surface area contributed by atoms with Crippen molar-refractivity contribution in [3.8, 4) is 11.5 Å². The highest BCUT2D eigenvalue weighted by Gasteiger charge is 2.24. The van der Waals surface area contributed by atoms with Crippen LogP contribution in [0.1, 0.15) is 22.8 Å². The number of methoxy groups -OCH3 is 2. The number of rotatable bonds is 9. The summed E-state index contributed by atoms with van der Waals surface area (Å²) in [5.74, 6) is -0.640. The van der Waals surface area contributed by atoms with Gasteiger partial charge in [0.25, 0.3) is 0 Å². The van der Waals surface area contributed by atoms with Gasteiger partial charge in [0.15, 0.2) is 6.61 Å². The zero-order chi connectivity index (χ0) is 21.6. The lowest BCUT2D eigenvalue weighted by Gasteiger charge is -2.14. The smallest absolute Gasteiger partial charge is 0.324 e. The topological polar surface area (TPSA) is 108 Å². The first-order chi connectivity index (χ1) is 13.7. The van der Waals surface area contributed by atoms with Gasteiger partial charge in [0.2, 0.25) is 15.8 Å². The van der Waals surface area contributed by atoms with Crippen molar-refractivity contribution in [3.63, 3.8) is 0 Å². The van der Waals surface area contributed by atoms with E-state index in [1.165, 1.54) is 39.3 Å². The van der Waals surface area contributed by atoms with E-state index in [-0.39, 0.29) is 10.5 Å². The minimum Gasteiger partial charge on any atom is -0.497 e. The molecule has 1 atom stereocenters. The van der Waals surface area contributed by atoms with Crippen molar-refractivity contribution in [3.05, 3.63) is 53.6 Å². The molecule has 0 saturated carbocycles. The van der Waals surface area contributed by atoms with Gasteiger partial charge in [-0.05, 0) is 44.2 Å². The number of aryl methyl sites for hydroxylation is 1. The van der Waals surface area contributed by atoms with Crippen molar-refractivity contribution in [1.82, 2.24) is 4.72 Å². The van der Waals surface area contributed by atoms with E-state index in [4.69, 9.17) is 14.2 Å². The number of benzene rings is 2. The zero-order valence-electron chi connectivity index (χ0n) is 16.6. The van der Waals surface area contributed by atoms with Crippen LogP contribution in [0.4, 0.5) is 0 Å². The normalized spacial score (nSPS) is 12.1. The number of hydrogen-bond acceptors (Lipinski definition) is 7. The molecule has 0 unspecified atom stereocenters. The van der Waals surface area contributed by atoms with Crippen LogP contribution in [0.15, 0.2) is 47.4 Å². The fourth-order valence-corrected chi connectivity index (χ4v) is 3.63. The second-order valence-corrected chi connectivity index (χ2v) is 7.97. The van der Waals surface area contributed by atoms with E-state index >= 15 is 0 Å². The van der Waals surface area contributed by atoms with Crippen LogP contribution >= 0.6 is 0 Å². The molecular weight excluding hydrogens is 398 g/mol. The third-order valence-electron chi connectivity index (χ3n) is 4.07. The fourth-order valence-electron chi connectivity index (χ4n) is 2.44. The summed E-state index contributed by atoms with van der Waals surface area (Å²) in [4.78, 5) is 24.6. The van der Waals surface area contributed by atoms with Crippen molar-refractivity contribution in [1.29, 1.82) is 0 Å². The quantitative estimate of drug-likeness (QED) is 0.488. The highest BCUT2D eigenvalue weighted by molar-refractivity contribution is 7.89. The van der Waals surface area contributed by atoms with Crippen LogP contribution in [0, 0.1) is 6.92 Å². The molecule has 156 valence electrons. The highest BCUT2D eigenvalue weighted by atomic mass is 32.2. The molecule has 0 saturated heterocycles. The van der Waals surface area contributed by atoms with Gasteiger partial charge in [-0.2, -0.15) is 4.72 Å². The Hall–Kier alpha value is -2.91. The van der Waals surface area contributed by atoms with Gasteiger partial charge in [-0.1, -0.05) is 17.7 Å². The Morgan fingerprint density at radius 1 is 1.03 bits per heavy atom. The molecule has 29 heavy (non-hydrogen) atoms. The zero-order valence-corrected chi connectivity index (χ0v) is 17.4. The maximum atomic E-state index is 12.4. The van der Waals surface area contributed by atoms with E-state index in [0.29, 0.717) is 11.5 Å². The standard InChI is InChI=1S/C20H23NO7S/c1-13-5-8-16(9-6-13)29(24,25)21-14(2)20(23)28-12-18(22)17-11-15(26-3)7-10-19(17)27-4/h5-11,14,21H,12H2,1-4H3/t14-/m0/s1. The first-order valence-corrected chi connectivity index (χ1v) is 10.2. The molecule has 8 nitrogen and oxygen atoms in total. The molecule has 2 rings (SSSR count). The predicted molar refractivity (Wildman–Crippen MR) is 106 cm³/mol. The van der Waals surface area contributed by atoms with Gasteiger partial charge in [-0.15, -0.1) is 0 Å². The Labute approximate surface area is 169 Å². The van der Waals surface area contributed by atoms with Crippen molar-refractivity contribution < 1.29 is 32.2 Å². The molecule has 2 aromatic rings. The summed E-state index contributed by atoms with van der Waals surface area (Å²) in [5.41, 5.74) is 1.09. The van der Waals surface area contributed by atoms with E-state index in [2.05, 4.69) is 4.72 Å². The maximum absolute atomic E-state index is 12.4. The summed E-state index contributed by atoms with van der Waals surface area (Å²) in [7, 11) is -1.04. The molecule has 0 aromatic heterocycles. The third-order valence-corrected chi connectivity index (χ3v) is 5.63. The largest absolute Gasteiger partial charge is 0.497 e. The fraction of sp³-hybridized carbons (Fsp3) is 0.300. The number of nitrogens with one attached hydrogen (secondary N) is 1. The molecule has 0 amide bonds. The van der Waals surface area contributed by atoms with Gasteiger partial charge in [-0.25, -0.2) is 8.42 Å². The lowest BCUT2D eigenvalue weighted by atomic mass is 10.1. The van der Waals surface area contributed by atoms with Crippen LogP contribution in [0.25, 0.3) is 0 Å². The number of ether oxygens (including phenoxy) is 3. The Morgan fingerprint density at radius 2 is 1.69 bits per heavy atom. The van der Waals surface area contributed by atoms with E-state index in [0.717, 1.165) is 5.56 Å². The monoisotopic (exact) mass is 421 g/mol. The van der Waals surface area contributed by atoms with Crippen molar-refractivity contribution >= 4 is 21.8 Å². The summed E-state index contributed by atoms with van der Waals surface area (Å²) in [5, 5.41) is 0. The van der Waals surface area contributed by atoms with Gasteiger partial charge < -0.3 is 14.2 Å². The van der Waals surface area contributed by atoms with Gasteiger partial charge in [0.05, 0.1) is 24.7 Å². The highest BCUT2D eigenvalue weighted by Crippen LogP contribution is 2.24. The first-order valence-electron chi connectivity index (χ1n) is 8.69. The summed E-state index contributed by atoms with van der Waals surface area (Å²) in [6.07, 6.45) is 0. The second-order valence-electron chi connectivity index (χ2n) is 6.25. The molecule has 0 aliphatic carbocycles. The Bertz CT molecular complexity index is 984. The molecule has 1 N–H and O–H groups in total. The number of hydrogen-bond donors (Lipinski definition) is 1. The minimum absolute atomic E-state index is 0.0277. The lowest BCUT2D eigenvalue weighted by molar-refractivity contribution is -0.144. The first kappa shape index (κ1) is 22.4. The molecule has 9 heteroatoms. The van der Waals surface area contributed by atoms with Gasteiger partial charge in [-0.3, -0.25) is 9.59 Å². The van der Waals surface area contributed by atoms with E-state index in [1.54, 1.807) is 24.3 Å². The van der Waals surface area contributed by atoms with Crippen LogP contribution in [0.3, 0.4) is 0 Å². The number of esters is 1. The molecule has 0 heterocycles. The molecule has 0 bridgehead atoms. The average molecular weight is 421 g/mol. The molecule has 0 spiro atoms. The van der Waals surface area contributed by atoms with Gasteiger partial charge >= 0.3 is 5.97 Å². The van der Waals surface area contributed by atoms with E-state index < -0.39 is 34.4 Å². The summed E-state index contributed by atoms with van der Waals surface area (Å²) in [6.45, 7) is 2.60. The van der Waals surface area contributed by atoms with Crippen molar-refractivity contribution in [2.75, 3.05) is 20.8 Å². The van der Waals surface area contributed by atoms with Crippen LogP contribution in [-0.2, 0) is 19.6 Å². The summed E-state index contributed by atoms with van der Waals surface area (Å²) >= 11 is 0. The van der Waals surface area contributed by atoms with Crippen LogP contribution in [0.2, 0.25) is 0 Å². The summed E-state index contributed by atoms with van der Waals surface area (Å²) < 4.78 is 42.1. The second kappa shape index (κ2) is 9.53. The lowest BCUT2D eigenvalue weighted by Crippen LogP contribution is -2.40. The molecule has 0 radical (unpaired) electrons. The number of ketones is 1. The third kappa shape index (κ3) is 5.78. The molecule has 0 aliphatic heterocycles. The van der Waals surface area contributed by atoms with Crippen molar-refractivity contribution in [2.45, 2.75) is 24.8 Å². The Balaban J connectivity index is 2.01. The summed E-state index contributed by atoms with van der Waals surface area (Å²) in [6, 6.07) is 9.66. The van der Waals surface area contributed by atoms with E-state index in [9.17, 15) is 18.0 Å². The predicted octanol–water partition coefficient (Wildman–Crippen LogP) is 2.11. The van der Waals surface area contributed by atoms with Gasteiger partial charge in [0, 0.05) is 0 Å². The molecule has 0 fully saturated rings. The minimum atomic E-state index is -3.90. The number of carbonyl (C=O) groups is 2. The maximum Gasteiger partial charge on any atom is 0.324 e. The number of carbonyl (C=O) groups excluding carboxylic acids is 2. The molecular formula is C20H23NO7S. The number of sulfonamides is 1. The average Bonchev–Trinajstić information content (AvgIpc) is 2.71. The Kier molecular flexibility index (Phi) is 7.35. The Morgan fingerprint density at radius 3 is 2.28 bits per heavy atom. The van der Waals surface area contributed by atoms with Crippen molar-refractivity contribution in [2.24, 2.45) is 0 Å². The SMILES string of the molecule is COc1ccc(OC)c(C(=O)COC(=O)[C@H](C)NS(=O)(=O)c2ccc(C)cc2)c1. The van der Waals surface area contributed by atoms with Crippen LogP contribution in [0.5, 0.6) is 11.5 Å². The molecule has 0 aliphatic rings. The van der Waals surface area contributed by atoms with E-state index in [1.807, 2.05) is 6.92 Å². The number of Topliss-reactive ketones (excluding diaryl/α,β-unsaturated/α-hetero) is 1. The van der Waals surface area contributed by atoms with Crippen LogP contribution in [-0.4, -0.2) is 47.0 Å². The van der Waals surface area contributed by atoms with Gasteiger partial charge in [0.1, 0.15) is 17.5 Å². The van der Waals surface area contributed by atoms with Crippen LogP contribution < -0.4 is 14.2 Å². The molecule has 2 aromatic carbocycles.